The highest BCUT2D eigenvalue weighted by atomic mass is 32.2. The predicted octanol–water partition coefficient (Wildman–Crippen LogP) is 0.133. The van der Waals surface area contributed by atoms with Gasteiger partial charge in [-0.2, -0.15) is 11.8 Å². The third-order valence-electron chi connectivity index (χ3n) is 3.05. The molecule has 0 saturated carbocycles. The number of thioether (sulfide) groups is 1. The molecular weight excluding hydrogens is 306 g/mol. The van der Waals surface area contributed by atoms with Gasteiger partial charge in [-0.1, -0.05) is 11.4 Å². The minimum Gasteiger partial charge on any atom is -0.313 e. The summed E-state index contributed by atoms with van der Waals surface area (Å²) in [5, 5.41) is 4.25. The van der Waals surface area contributed by atoms with Crippen LogP contribution in [-0.4, -0.2) is 52.1 Å². The number of nitrogens with one attached hydrogen (secondary N) is 1. The molecule has 7 nitrogen and oxygen atoms in total. The molecule has 1 saturated heterocycles. The number of hydrogen-bond acceptors (Lipinski definition) is 9. The summed E-state index contributed by atoms with van der Waals surface area (Å²) in [6.45, 7) is 2.88. The number of hydrogen-bond donors (Lipinski definition) is 2. The molecule has 3 N–H and O–H groups in total. The van der Waals surface area contributed by atoms with Crippen molar-refractivity contribution >= 4 is 38.1 Å². The highest BCUT2D eigenvalue weighted by molar-refractivity contribution is 8.01. The van der Waals surface area contributed by atoms with Gasteiger partial charge in [0.2, 0.25) is 0 Å². The van der Waals surface area contributed by atoms with Crippen LogP contribution in [0.5, 0.6) is 0 Å². The van der Waals surface area contributed by atoms with Crippen molar-refractivity contribution in [2.24, 2.45) is 5.84 Å². The molecule has 0 aliphatic carbocycles. The molecule has 1 aromatic heterocycles. The van der Waals surface area contributed by atoms with Gasteiger partial charge in [0.05, 0.1) is 0 Å². The van der Waals surface area contributed by atoms with Gasteiger partial charge in [-0.15, -0.1) is 5.10 Å². The third kappa shape index (κ3) is 3.37. The number of rotatable bonds is 5. The predicted molar refractivity (Wildman–Crippen MR) is 78.7 cm³/mol. The topological polar surface area (TPSA) is 101 Å². The van der Waals surface area contributed by atoms with Crippen LogP contribution in [0.4, 0.5) is 5.00 Å². The molecular formula is C9H17N5O2S3. The molecule has 1 atom stereocenters. The van der Waals surface area contributed by atoms with Gasteiger partial charge in [-0.05, 0) is 0 Å². The van der Waals surface area contributed by atoms with Crippen molar-refractivity contribution in [3.63, 3.8) is 0 Å². The van der Waals surface area contributed by atoms with Crippen molar-refractivity contribution < 1.29 is 8.42 Å². The maximum Gasteiger partial charge on any atom is 0.166 e. The Hall–Kier alpha value is -0.420. The second-order valence-corrected chi connectivity index (χ2v) is 8.50. The molecule has 1 fully saturated rings. The first kappa shape index (κ1) is 15.0. The summed E-state index contributed by atoms with van der Waals surface area (Å²) >= 11 is 2.85. The molecule has 1 unspecified atom stereocenters. The molecule has 0 radical (unpaired) electrons. The molecule has 0 bridgehead atoms. The monoisotopic (exact) mass is 323 g/mol. The van der Waals surface area contributed by atoms with Gasteiger partial charge in [0.25, 0.3) is 0 Å². The maximum atomic E-state index is 12.1. The van der Waals surface area contributed by atoms with E-state index in [0.29, 0.717) is 23.0 Å². The maximum absolute atomic E-state index is 12.1. The summed E-state index contributed by atoms with van der Waals surface area (Å²) in [5.74, 6) is 7.08. The van der Waals surface area contributed by atoms with E-state index >= 15 is 0 Å². The van der Waals surface area contributed by atoms with Crippen LogP contribution in [0, 0.1) is 0 Å². The zero-order chi connectivity index (χ0) is 13.9. The first-order valence-electron chi connectivity index (χ1n) is 5.89. The summed E-state index contributed by atoms with van der Waals surface area (Å²) in [7, 11) is -3.08. The van der Waals surface area contributed by atoms with E-state index in [-0.39, 0.29) is 5.75 Å². The Kier molecular flexibility index (Phi) is 5.01. The fourth-order valence-corrected chi connectivity index (χ4v) is 5.50. The van der Waals surface area contributed by atoms with Gasteiger partial charge in [-0.3, -0.25) is 4.90 Å². The molecule has 2 heterocycles. The van der Waals surface area contributed by atoms with Crippen LogP contribution in [0.1, 0.15) is 12.6 Å². The molecule has 1 aliphatic rings. The summed E-state index contributed by atoms with van der Waals surface area (Å²) in [4.78, 5) is 1.95. The van der Waals surface area contributed by atoms with E-state index in [0.717, 1.165) is 12.3 Å². The lowest BCUT2D eigenvalue weighted by atomic mass is 10.4. The van der Waals surface area contributed by atoms with Crippen molar-refractivity contribution in [1.82, 2.24) is 14.5 Å². The largest absolute Gasteiger partial charge is 0.313 e. The smallest absolute Gasteiger partial charge is 0.166 e. The van der Waals surface area contributed by atoms with Crippen LogP contribution >= 0.6 is 23.3 Å². The molecule has 0 spiro atoms. The number of hydrazine groups is 1. The standard InChI is InChI=1S/C9H17N5O2S3/c1-2-19(15,16)8-6-17-4-3-14(8)5-7-9(11-10)18-13-12-7/h8,11H,2-6,10H2,1H3. The Bertz CT molecular complexity index is 518. The summed E-state index contributed by atoms with van der Waals surface area (Å²) in [6, 6.07) is 0. The zero-order valence-corrected chi connectivity index (χ0v) is 13.0. The van der Waals surface area contributed by atoms with Gasteiger partial charge in [0, 0.05) is 41.9 Å². The average molecular weight is 323 g/mol. The van der Waals surface area contributed by atoms with Gasteiger partial charge >= 0.3 is 0 Å². The normalized spacial score (nSPS) is 21.5. The fraction of sp³-hybridized carbons (Fsp3) is 0.778. The van der Waals surface area contributed by atoms with E-state index in [4.69, 9.17) is 5.84 Å². The Morgan fingerprint density at radius 3 is 3.05 bits per heavy atom. The fourth-order valence-electron chi connectivity index (χ4n) is 1.93. The zero-order valence-electron chi connectivity index (χ0n) is 10.6. The molecule has 2 rings (SSSR count). The molecule has 0 aromatic carbocycles. The van der Waals surface area contributed by atoms with Gasteiger partial charge < -0.3 is 5.43 Å². The first-order valence-corrected chi connectivity index (χ1v) is 9.54. The summed E-state index contributed by atoms with van der Waals surface area (Å²) < 4.78 is 28.1. The number of aromatic nitrogens is 2. The van der Waals surface area contributed by atoms with E-state index in [1.165, 1.54) is 11.5 Å². The lowest BCUT2D eigenvalue weighted by Gasteiger charge is -2.34. The Morgan fingerprint density at radius 1 is 1.58 bits per heavy atom. The number of nitrogens with two attached hydrogens (primary N) is 1. The van der Waals surface area contributed by atoms with Crippen molar-refractivity contribution in [2.45, 2.75) is 18.8 Å². The Balaban J connectivity index is 2.17. The molecule has 1 aromatic rings. The lowest BCUT2D eigenvalue weighted by molar-refractivity contribution is 0.259. The number of sulfone groups is 1. The van der Waals surface area contributed by atoms with Crippen molar-refractivity contribution in [2.75, 3.05) is 29.2 Å². The van der Waals surface area contributed by atoms with E-state index in [1.54, 1.807) is 18.7 Å². The lowest BCUT2D eigenvalue weighted by Crippen LogP contribution is -2.47. The van der Waals surface area contributed by atoms with Crippen LogP contribution in [0.15, 0.2) is 0 Å². The van der Waals surface area contributed by atoms with E-state index in [9.17, 15) is 8.42 Å². The molecule has 19 heavy (non-hydrogen) atoms. The van der Waals surface area contributed by atoms with E-state index in [1.807, 2.05) is 4.90 Å². The first-order chi connectivity index (χ1) is 9.08. The van der Waals surface area contributed by atoms with Crippen LogP contribution in [0.2, 0.25) is 0 Å². The van der Waals surface area contributed by atoms with Crippen LogP contribution < -0.4 is 11.3 Å². The highest BCUT2D eigenvalue weighted by Gasteiger charge is 2.33. The molecule has 0 amide bonds. The van der Waals surface area contributed by atoms with Crippen LogP contribution in [0.3, 0.4) is 0 Å². The second-order valence-electron chi connectivity index (χ2n) is 4.14. The van der Waals surface area contributed by atoms with Crippen LogP contribution in [0.25, 0.3) is 0 Å². The Labute approximate surface area is 121 Å². The van der Waals surface area contributed by atoms with Gasteiger partial charge in [0.15, 0.2) is 9.84 Å². The highest BCUT2D eigenvalue weighted by Crippen LogP contribution is 2.25. The summed E-state index contributed by atoms with van der Waals surface area (Å²) in [6.07, 6.45) is 0. The number of nitrogens with zero attached hydrogens (tertiary/aromatic N) is 3. The van der Waals surface area contributed by atoms with E-state index in [2.05, 4.69) is 15.0 Å². The Morgan fingerprint density at radius 2 is 2.37 bits per heavy atom. The average Bonchev–Trinajstić information content (AvgIpc) is 2.86. The molecule has 10 heteroatoms. The number of nitrogen functional groups attached to an aromatic ring is 1. The van der Waals surface area contributed by atoms with Crippen LogP contribution in [-0.2, 0) is 16.4 Å². The van der Waals surface area contributed by atoms with Crippen molar-refractivity contribution in [3.8, 4) is 0 Å². The minimum atomic E-state index is -3.08. The SMILES string of the molecule is CCS(=O)(=O)C1CSCCN1Cc1nnsc1NN. The summed E-state index contributed by atoms with van der Waals surface area (Å²) in [5.41, 5.74) is 3.25. The second kappa shape index (κ2) is 6.35. The van der Waals surface area contributed by atoms with E-state index < -0.39 is 15.2 Å². The molecule has 108 valence electrons. The van der Waals surface area contributed by atoms with Gasteiger partial charge in [0.1, 0.15) is 16.1 Å². The van der Waals surface area contributed by atoms with Crippen molar-refractivity contribution in [1.29, 1.82) is 0 Å². The van der Waals surface area contributed by atoms with Crippen molar-refractivity contribution in [3.05, 3.63) is 5.69 Å². The minimum absolute atomic E-state index is 0.159. The molecule has 1 aliphatic heterocycles. The number of anilines is 1. The van der Waals surface area contributed by atoms with Gasteiger partial charge in [-0.25, -0.2) is 14.3 Å². The quantitative estimate of drug-likeness (QED) is 0.582. The third-order valence-corrected chi connectivity index (χ3v) is 7.08.